The van der Waals surface area contributed by atoms with Crippen LogP contribution < -0.4 is 5.32 Å². The minimum atomic E-state index is -0.245. The van der Waals surface area contributed by atoms with Gasteiger partial charge in [0.2, 0.25) is 0 Å². The van der Waals surface area contributed by atoms with E-state index in [1.54, 1.807) is 13.0 Å². The maximum atomic E-state index is 13.0. The van der Waals surface area contributed by atoms with E-state index in [9.17, 15) is 9.59 Å². The third kappa shape index (κ3) is 4.19. The highest BCUT2D eigenvalue weighted by atomic mass is 79.9. The SMILES string of the molecule is Cc1onc(-c2ccc(Br)cc2)c1C(=O)c1c[nH]c(C(=O)NCC(C)C)c1. The Kier molecular flexibility index (Phi) is 5.60. The van der Waals surface area contributed by atoms with Crippen LogP contribution in [-0.4, -0.2) is 28.4 Å². The van der Waals surface area contributed by atoms with Gasteiger partial charge in [0.25, 0.3) is 5.91 Å². The van der Waals surface area contributed by atoms with Crippen LogP contribution in [0.5, 0.6) is 0 Å². The molecule has 6 nitrogen and oxygen atoms in total. The van der Waals surface area contributed by atoms with E-state index in [1.165, 1.54) is 6.20 Å². The number of halogens is 1. The van der Waals surface area contributed by atoms with Crippen LogP contribution in [0.25, 0.3) is 11.3 Å². The molecular weight excluding hydrogens is 410 g/mol. The number of carbonyl (C=O) groups excluding carboxylic acids is 2. The van der Waals surface area contributed by atoms with Gasteiger partial charge in [-0.2, -0.15) is 0 Å². The van der Waals surface area contributed by atoms with Gasteiger partial charge in [-0.25, -0.2) is 0 Å². The minimum Gasteiger partial charge on any atom is -0.360 e. The summed E-state index contributed by atoms with van der Waals surface area (Å²) in [5.41, 5.74) is 2.39. The number of carbonyl (C=O) groups is 2. The second-order valence-electron chi connectivity index (χ2n) is 6.70. The van der Waals surface area contributed by atoms with Gasteiger partial charge >= 0.3 is 0 Å². The van der Waals surface area contributed by atoms with Crippen molar-refractivity contribution in [3.05, 3.63) is 63.6 Å². The normalized spacial score (nSPS) is 11.0. The highest BCUT2D eigenvalue weighted by molar-refractivity contribution is 9.10. The number of aromatic amines is 1. The van der Waals surface area contributed by atoms with E-state index >= 15 is 0 Å². The number of rotatable bonds is 6. The molecular formula is C20H20BrN3O3. The Morgan fingerprint density at radius 2 is 1.96 bits per heavy atom. The van der Waals surface area contributed by atoms with Gasteiger partial charge in [0.1, 0.15) is 17.1 Å². The number of hydrogen-bond acceptors (Lipinski definition) is 4. The van der Waals surface area contributed by atoms with Crippen molar-refractivity contribution < 1.29 is 14.1 Å². The molecule has 0 spiro atoms. The van der Waals surface area contributed by atoms with E-state index in [-0.39, 0.29) is 11.7 Å². The second kappa shape index (κ2) is 7.92. The number of hydrogen-bond donors (Lipinski definition) is 2. The van der Waals surface area contributed by atoms with Gasteiger partial charge in [0.15, 0.2) is 5.78 Å². The summed E-state index contributed by atoms with van der Waals surface area (Å²) in [5.74, 6) is 0.298. The highest BCUT2D eigenvalue weighted by Gasteiger charge is 2.24. The number of H-pyrrole nitrogens is 1. The van der Waals surface area contributed by atoms with E-state index in [2.05, 4.69) is 31.4 Å². The van der Waals surface area contributed by atoms with Crippen LogP contribution in [0.2, 0.25) is 0 Å². The standard InChI is InChI=1S/C20H20BrN3O3/c1-11(2)9-23-20(26)16-8-14(10-22-16)19(25)17-12(3)27-24-18(17)13-4-6-15(21)7-5-13/h4-8,10-11,22H,9H2,1-3H3,(H,23,26). The Morgan fingerprint density at radius 3 is 2.63 bits per heavy atom. The average Bonchev–Trinajstić information content (AvgIpc) is 3.27. The summed E-state index contributed by atoms with van der Waals surface area (Å²) in [6, 6.07) is 9.03. The summed E-state index contributed by atoms with van der Waals surface area (Å²) >= 11 is 3.39. The van der Waals surface area contributed by atoms with Crippen LogP contribution in [0, 0.1) is 12.8 Å². The molecule has 0 unspecified atom stereocenters. The maximum Gasteiger partial charge on any atom is 0.267 e. The van der Waals surface area contributed by atoms with Crippen molar-refractivity contribution in [1.29, 1.82) is 0 Å². The van der Waals surface area contributed by atoms with Crippen LogP contribution in [0.15, 0.2) is 45.5 Å². The Labute approximate surface area is 165 Å². The average molecular weight is 430 g/mol. The molecule has 2 N–H and O–H groups in total. The Hall–Kier alpha value is -2.67. The first-order chi connectivity index (χ1) is 12.9. The molecule has 27 heavy (non-hydrogen) atoms. The van der Waals surface area contributed by atoms with Gasteiger partial charge in [0, 0.05) is 28.3 Å². The topological polar surface area (TPSA) is 88.0 Å². The molecule has 3 rings (SSSR count). The molecule has 0 aliphatic rings. The van der Waals surface area contributed by atoms with E-state index in [0.717, 1.165) is 10.0 Å². The summed E-state index contributed by atoms with van der Waals surface area (Å²) in [7, 11) is 0. The van der Waals surface area contributed by atoms with Crippen LogP contribution in [-0.2, 0) is 0 Å². The summed E-state index contributed by atoms with van der Waals surface area (Å²) in [5, 5.41) is 6.87. The third-order valence-electron chi connectivity index (χ3n) is 4.07. The lowest BCUT2D eigenvalue weighted by Gasteiger charge is -2.05. The van der Waals surface area contributed by atoms with E-state index < -0.39 is 0 Å². The molecule has 140 valence electrons. The molecule has 0 fully saturated rings. The monoisotopic (exact) mass is 429 g/mol. The summed E-state index contributed by atoms with van der Waals surface area (Å²) < 4.78 is 6.20. The number of benzene rings is 1. The summed E-state index contributed by atoms with van der Waals surface area (Å²) in [6.07, 6.45) is 1.53. The van der Waals surface area contributed by atoms with Crippen molar-refractivity contribution in [3.8, 4) is 11.3 Å². The predicted molar refractivity (Wildman–Crippen MR) is 106 cm³/mol. The molecule has 0 aliphatic carbocycles. The van der Waals surface area contributed by atoms with Crippen molar-refractivity contribution in [3.63, 3.8) is 0 Å². The molecule has 2 heterocycles. The first-order valence-corrected chi connectivity index (χ1v) is 9.39. The molecule has 0 radical (unpaired) electrons. The van der Waals surface area contributed by atoms with E-state index in [0.29, 0.717) is 40.7 Å². The number of aromatic nitrogens is 2. The zero-order valence-electron chi connectivity index (χ0n) is 15.3. The van der Waals surface area contributed by atoms with Crippen LogP contribution in [0.1, 0.15) is 46.0 Å². The van der Waals surface area contributed by atoms with Gasteiger partial charge in [-0.3, -0.25) is 9.59 Å². The minimum absolute atomic E-state index is 0.238. The molecule has 0 aliphatic heterocycles. The Morgan fingerprint density at radius 1 is 1.26 bits per heavy atom. The van der Waals surface area contributed by atoms with Gasteiger partial charge in [0.05, 0.1) is 5.56 Å². The number of nitrogens with one attached hydrogen (secondary N) is 2. The fourth-order valence-electron chi connectivity index (χ4n) is 2.64. The van der Waals surface area contributed by atoms with Crippen molar-refractivity contribution >= 4 is 27.6 Å². The zero-order valence-corrected chi connectivity index (χ0v) is 16.9. The van der Waals surface area contributed by atoms with E-state index in [4.69, 9.17) is 4.52 Å². The Bertz CT molecular complexity index is 971. The molecule has 1 amide bonds. The molecule has 0 bridgehead atoms. The number of ketones is 1. The van der Waals surface area contributed by atoms with E-state index in [1.807, 2.05) is 38.1 Å². The van der Waals surface area contributed by atoms with Crippen molar-refractivity contribution in [1.82, 2.24) is 15.5 Å². The number of aryl methyl sites for hydroxylation is 1. The Balaban J connectivity index is 1.88. The van der Waals surface area contributed by atoms with Gasteiger partial charge in [-0.1, -0.05) is 47.1 Å². The fraction of sp³-hybridized carbons (Fsp3) is 0.250. The smallest absolute Gasteiger partial charge is 0.267 e. The molecule has 0 atom stereocenters. The molecule has 1 aromatic carbocycles. The lowest BCUT2D eigenvalue weighted by atomic mass is 9.99. The van der Waals surface area contributed by atoms with Crippen LogP contribution in [0.3, 0.4) is 0 Å². The molecule has 2 aromatic heterocycles. The van der Waals surface area contributed by atoms with Crippen molar-refractivity contribution in [2.24, 2.45) is 5.92 Å². The highest BCUT2D eigenvalue weighted by Crippen LogP contribution is 2.28. The molecule has 7 heteroatoms. The van der Waals surface area contributed by atoms with Crippen molar-refractivity contribution in [2.75, 3.05) is 6.54 Å². The maximum absolute atomic E-state index is 13.0. The first kappa shape index (κ1) is 19.1. The molecule has 3 aromatic rings. The van der Waals surface area contributed by atoms with Gasteiger partial charge in [-0.05, 0) is 31.0 Å². The molecule has 0 saturated carbocycles. The van der Waals surface area contributed by atoms with Crippen LogP contribution >= 0.6 is 15.9 Å². The quantitative estimate of drug-likeness (QED) is 0.569. The van der Waals surface area contributed by atoms with Gasteiger partial charge < -0.3 is 14.8 Å². The van der Waals surface area contributed by atoms with Crippen molar-refractivity contribution in [2.45, 2.75) is 20.8 Å². The fourth-order valence-corrected chi connectivity index (χ4v) is 2.90. The largest absolute Gasteiger partial charge is 0.360 e. The van der Waals surface area contributed by atoms with Gasteiger partial charge in [-0.15, -0.1) is 0 Å². The summed E-state index contributed by atoms with van der Waals surface area (Å²) in [4.78, 5) is 28.1. The number of nitrogens with zero attached hydrogens (tertiary/aromatic N) is 1. The third-order valence-corrected chi connectivity index (χ3v) is 4.60. The molecule has 0 saturated heterocycles. The zero-order chi connectivity index (χ0) is 19.6. The lowest BCUT2D eigenvalue weighted by molar-refractivity contribution is 0.0944. The summed E-state index contributed by atoms with van der Waals surface area (Å²) in [6.45, 7) is 6.30. The van der Waals surface area contributed by atoms with Crippen LogP contribution in [0.4, 0.5) is 0 Å². The first-order valence-electron chi connectivity index (χ1n) is 8.60. The lowest BCUT2D eigenvalue weighted by Crippen LogP contribution is -2.27. The number of amides is 1. The predicted octanol–water partition coefficient (Wildman–Crippen LogP) is 4.36. The second-order valence-corrected chi connectivity index (χ2v) is 7.62.